The Balaban J connectivity index is 1.65. The highest BCUT2D eigenvalue weighted by atomic mass is 19.4. The van der Waals surface area contributed by atoms with Gasteiger partial charge >= 0.3 is 6.18 Å². The Kier molecular flexibility index (Phi) is 5.51. The molecule has 0 aliphatic carbocycles. The van der Waals surface area contributed by atoms with Crippen LogP contribution in [0.3, 0.4) is 0 Å². The first-order valence-electron chi connectivity index (χ1n) is 9.50. The quantitative estimate of drug-likeness (QED) is 0.655. The molecular formula is C19H22F3N3O6. The summed E-state index contributed by atoms with van der Waals surface area (Å²) in [5.74, 6) is 0.580. The normalized spacial score (nSPS) is 33.6. The number of fused-ring (bicyclic) bond motifs is 4. The van der Waals surface area contributed by atoms with E-state index in [0.717, 1.165) is 0 Å². The van der Waals surface area contributed by atoms with Crippen molar-refractivity contribution in [2.24, 2.45) is 0 Å². The maximum atomic E-state index is 13.3. The standard InChI is InChI=1S/C19H22F3N3O6/c1-5-6-27-11-7-10(19(20,21)22)23-16(24-11)25-12-13-14(30-17(2,3)29-13)18(8-26-4)9-28-15(12)31-18/h1,7,12-15H,6,8-9H2,2-4H3,(H,23,24,25)/t12-,13-,14-,15+,18+/m1/s1. The summed E-state index contributed by atoms with van der Waals surface area (Å²) in [5, 5.41) is 2.86. The minimum atomic E-state index is -4.72. The number of alkyl halides is 3. The fraction of sp³-hybridized carbons (Fsp3) is 0.684. The topological polar surface area (TPSA) is 93.2 Å². The molecule has 0 amide bonds. The maximum absolute atomic E-state index is 13.3. The number of hydrogen-bond donors (Lipinski definition) is 1. The Bertz CT molecular complexity index is 876. The van der Waals surface area contributed by atoms with Crippen molar-refractivity contribution in [1.29, 1.82) is 0 Å². The number of terminal acetylenes is 1. The van der Waals surface area contributed by atoms with Crippen molar-refractivity contribution >= 4 is 5.95 Å². The van der Waals surface area contributed by atoms with Crippen LogP contribution in [0.5, 0.6) is 5.88 Å². The molecule has 1 N–H and O–H groups in total. The Morgan fingerprint density at radius 2 is 2.06 bits per heavy atom. The van der Waals surface area contributed by atoms with Crippen molar-refractivity contribution < 1.29 is 41.6 Å². The van der Waals surface area contributed by atoms with E-state index in [4.69, 9.17) is 34.8 Å². The Hall–Kier alpha value is -2.17. The summed E-state index contributed by atoms with van der Waals surface area (Å²) >= 11 is 0. The molecule has 3 fully saturated rings. The molecule has 0 unspecified atom stereocenters. The number of aromatic nitrogens is 2. The molecular weight excluding hydrogens is 423 g/mol. The molecule has 5 atom stereocenters. The molecule has 170 valence electrons. The van der Waals surface area contributed by atoms with Gasteiger partial charge in [0.1, 0.15) is 23.9 Å². The van der Waals surface area contributed by atoms with Crippen LogP contribution in [-0.2, 0) is 29.9 Å². The van der Waals surface area contributed by atoms with Crippen molar-refractivity contribution in [3.05, 3.63) is 11.8 Å². The number of hydrogen-bond acceptors (Lipinski definition) is 9. The predicted octanol–water partition coefficient (Wildman–Crippen LogP) is 1.58. The second-order valence-corrected chi connectivity index (χ2v) is 7.89. The van der Waals surface area contributed by atoms with E-state index < -0.39 is 47.8 Å². The number of rotatable bonds is 6. The lowest BCUT2D eigenvalue weighted by Gasteiger charge is -2.42. The lowest BCUT2D eigenvalue weighted by molar-refractivity contribution is -0.204. The number of ether oxygens (including phenoxy) is 6. The number of anilines is 1. The van der Waals surface area contributed by atoms with Gasteiger partial charge in [0.2, 0.25) is 11.8 Å². The third kappa shape index (κ3) is 4.16. The van der Waals surface area contributed by atoms with Gasteiger partial charge in [-0.3, -0.25) is 0 Å². The molecule has 0 saturated carbocycles. The van der Waals surface area contributed by atoms with Crippen LogP contribution in [0.15, 0.2) is 6.07 Å². The summed E-state index contributed by atoms with van der Waals surface area (Å²) in [6.07, 6.45) is -1.66. The molecule has 31 heavy (non-hydrogen) atoms. The van der Waals surface area contributed by atoms with Gasteiger partial charge in [0.15, 0.2) is 24.4 Å². The first-order chi connectivity index (χ1) is 14.6. The van der Waals surface area contributed by atoms with Crippen LogP contribution < -0.4 is 10.1 Å². The summed E-state index contributed by atoms with van der Waals surface area (Å²) in [7, 11) is 1.53. The van der Waals surface area contributed by atoms with Crippen LogP contribution in [0.1, 0.15) is 19.5 Å². The van der Waals surface area contributed by atoms with Gasteiger partial charge in [0.25, 0.3) is 0 Å². The van der Waals surface area contributed by atoms with Gasteiger partial charge in [-0.25, -0.2) is 4.98 Å². The average Bonchev–Trinajstić information content (AvgIpc) is 3.23. The van der Waals surface area contributed by atoms with Crippen molar-refractivity contribution in [3.8, 4) is 18.2 Å². The number of nitrogens with one attached hydrogen (secondary N) is 1. The lowest BCUT2D eigenvalue weighted by atomic mass is 9.88. The summed E-state index contributed by atoms with van der Waals surface area (Å²) in [6.45, 7) is 3.60. The van der Waals surface area contributed by atoms with E-state index in [1.54, 1.807) is 13.8 Å². The maximum Gasteiger partial charge on any atom is 0.433 e. The molecule has 3 saturated heterocycles. The van der Waals surface area contributed by atoms with E-state index in [1.165, 1.54) is 7.11 Å². The lowest BCUT2D eigenvalue weighted by Crippen LogP contribution is -2.63. The molecule has 1 aromatic rings. The van der Waals surface area contributed by atoms with Crippen molar-refractivity contribution in [3.63, 3.8) is 0 Å². The van der Waals surface area contributed by atoms with E-state index in [0.29, 0.717) is 6.07 Å². The van der Waals surface area contributed by atoms with Crippen LogP contribution in [0.2, 0.25) is 0 Å². The smallest absolute Gasteiger partial charge is 0.433 e. The van der Waals surface area contributed by atoms with Crippen LogP contribution in [-0.4, -0.2) is 72.8 Å². The molecule has 1 aromatic heterocycles. The highest BCUT2D eigenvalue weighted by Gasteiger charge is 2.66. The summed E-state index contributed by atoms with van der Waals surface area (Å²) in [6, 6.07) is -0.0837. The Labute approximate surface area is 176 Å². The van der Waals surface area contributed by atoms with Gasteiger partial charge in [-0.05, 0) is 13.8 Å². The Morgan fingerprint density at radius 1 is 1.29 bits per heavy atom. The number of nitrogens with zero attached hydrogens (tertiary/aromatic N) is 2. The van der Waals surface area contributed by atoms with E-state index in [1.807, 2.05) is 0 Å². The van der Waals surface area contributed by atoms with Crippen LogP contribution in [0, 0.1) is 12.3 Å². The zero-order valence-corrected chi connectivity index (χ0v) is 17.1. The van der Waals surface area contributed by atoms with Gasteiger partial charge < -0.3 is 33.7 Å². The van der Waals surface area contributed by atoms with Gasteiger partial charge in [-0.2, -0.15) is 18.2 Å². The molecule has 9 nitrogen and oxygen atoms in total. The van der Waals surface area contributed by atoms with Crippen LogP contribution >= 0.6 is 0 Å². The van der Waals surface area contributed by atoms with E-state index >= 15 is 0 Å². The molecule has 2 bridgehead atoms. The average molecular weight is 445 g/mol. The van der Waals surface area contributed by atoms with E-state index in [9.17, 15) is 13.2 Å². The van der Waals surface area contributed by atoms with Gasteiger partial charge in [-0.15, -0.1) is 6.42 Å². The predicted molar refractivity (Wildman–Crippen MR) is 98.0 cm³/mol. The first-order valence-corrected chi connectivity index (χ1v) is 9.50. The van der Waals surface area contributed by atoms with Crippen LogP contribution in [0.25, 0.3) is 0 Å². The minimum absolute atomic E-state index is 0.171. The summed E-state index contributed by atoms with van der Waals surface area (Å²) in [5.41, 5.74) is -2.08. The monoisotopic (exact) mass is 445 g/mol. The van der Waals surface area contributed by atoms with Crippen molar-refractivity contribution in [1.82, 2.24) is 9.97 Å². The van der Waals surface area contributed by atoms with Crippen molar-refractivity contribution in [2.45, 2.75) is 56.0 Å². The first kappa shape index (κ1) is 22.0. The highest BCUT2D eigenvalue weighted by molar-refractivity contribution is 5.35. The van der Waals surface area contributed by atoms with Gasteiger partial charge in [-0.1, -0.05) is 5.92 Å². The third-order valence-electron chi connectivity index (χ3n) is 5.12. The molecule has 3 aliphatic heterocycles. The second kappa shape index (κ2) is 7.75. The minimum Gasteiger partial charge on any atom is -0.464 e. The Morgan fingerprint density at radius 3 is 2.74 bits per heavy atom. The molecule has 0 aromatic carbocycles. The zero-order chi connectivity index (χ0) is 22.4. The number of methoxy groups -OCH3 is 1. The largest absolute Gasteiger partial charge is 0.464 e. The van der Waals surface area contributed by atoms with Gasteiger partial charge in [0.05, 0.1) is 13.2 Å². The fourth-order valence-electron chi connectivity index (χ4n) is 3.99. The molecule has 4 rings (SSSR count). The summed E-state index contributed by atoms with van der Waals surface area (Å²) in [4.78, 5) is 7.58. The highest BCUT2D eigenvalue weighted by Crippen LogP contribution is 2.47. The molecule has 3 aliphatic rings. The fourth-order valence-corrected chi connectivity index (χ4v) is 3.99. The molecule has 0 radical (unpaired) electrons. The number of halogens is 3. The molecule has 12 heteroatoms. The van der Waals surface area contributed by atoms with Crippen molar-refractivity contribution in [2.75, 3.05) is 32.2 Å². The molecule has 0 spiro atoms. The van der Waals surface area contributed by atoms with E-state index in [-0.39, 0.29) is 31.6 Å². The van der Waals surface area contributed by atoms with Gasteiger partial charge in [0, 0.05) is 13.2 Å². The van der Waals surface area contributed by atoms with E-state index in [2.05, 4.69) is 21.2 Å². The van der Waals surface area contributed by atoms with Crippen LogP contribution in [0.4, 0.5) is 19.1 Å². The third-order valence-corrected chi connectivity index (χ3v) is 5.12. The SMILES string of the molecule is C#CCOc1cc(C(F)(F)F)nc(N[C@H]2[C@H]3OC[C@](COC)(O3)[C@@H]3OC(C)(C)O[C@H]23)n1. The summed E-state index contributed by atoms with van der Waals surface area (Å²) < 4.78 is 74.3. The second-order valence-electron chi connectivity index (χ2n) is 7.89. The molecule has 4 heterocycles. The zero-order valence-electron chi connectivity index (χ0n) is 17.1.